The highest BCUT2D eigenvalue weighted by molar-refractivity contribution is 6.31. The van der Waals surface area contributed by atoms with E-state index in [0.29, 0.717) is 11.6 Å². The first-order valence-electron chi connectivity index (χ1n) is 10.2. The number of hydrogen-bond acceptors (Lipinski definition) is 5. The second-order valence-electron chi connectivity index (χ2n) is 7.57. The van der Waals surface area contributed by atoms with Gasteiger partial charge in [0.25, 0.3) is 0 Å². The van der Waals surface area contributed by atoms with Gasteiger partial charge in [0.2, 0.25) is 11.9 Å². The number of halogens is 1. The lowest BCUT2D eigenvalue weighted by molar-refractivity contribution is -0.117. The Morgan fingerprint density at radius 2 is 1.97 bits per heavy atom. The lowest BCUT2D eigenvalue weighted by Gasteiger charge is -2.35. The van der Waals surface area contributed by atoms with Crippen LogP contribution in [0.15, 0.2) is 54.9 Å². The zero-order chi connectivity index (χ0) is 21.8. The van der Waals surface area contributed by atoms with Gasteiger partial charge in [0.1, 0.15) is 5.75 Å². The normalized spacial score (nSPS) is 14.5. The van der Waals surface area contributed by atoms with E-state index in [1.165, 1.54) is 0 Å². The molecule has 0 atom stereocenters. The monoisotopic (exact) mass is 439 g/mol. The van der Waals surface area contributed by atoms with E-state index in [9.17, 15) is 4.79 Å². The molecule has 0 radical (unpaired) electrons. The van der Waals surface area contributed by atoms with Crippen molar-refractivity contribution in [2.45, 2.75) is 6.92 Å². The summed E-state index contributed by atoms with van der Waals surface area (Å²) in [5, 5.41) is 3.58. The van der Waals surface area contributed by atoms with E-state index in [-0.39, 0.29) is 5.91 Å². The molecule has 3 aromatic rings. The van der Waals surface area contributed by atoms with E-state index < -0.39 is 0 Å². The number of ether oxygens (including phenoxy) is 1. The zero-order valence-electron chi connectivity index (χ0n) is 17.7. The average Bonchev–Trinajstić information content (AvgIpc) is 3.27. The molecule has 2 heterocycles. The third-order valence-electron chi connectivity index (χ3n) is 5.43. The van der Waals surface area contributed by atoms with Gasteiger partial charge in [-0.25, -0.2) is 4.98 Å². The van der Waals surface area contributed by atoms with Crippen molar-refractivity contribution in [3.8, 4) is 11.4 Å². The number of amides is 1. The Morgan fingerprint density at radius 3 is 2.71 bits per heavy atom. The summed E-state index contributed by atoms with van der Waals surface area (Å²) >= 11 is 6.15. The number of aryl methyl sites for hydroxylation is 1. The van der Waals surface area contributed by atoms with Gasteiger partial charge in [-0.3, -0.25) is 14.3 Å². The number of hydrogen-bond donors (Lipinski definition) is 1. The molecule has 0 spiro atoms. The van der Waals surface area contributed by atoms with Crippen molar-refractivity contribution in [2.75, 3.05) is 50.1 Å². The van der Waals surface area contributed by atoms with Crippen molar-refractivity contribution >= 4 is 29.1 Å². The Balaban J connectivity index is 1.34. The van der Waals surface area contributed by atoms with Gasteiger partial charge in [0, 0.05) is 55.3 Å². The first kappa shape index (κ1) is 21.2. The largest absolute Gasteiger partial charge is 0.497 e. The maximum atomic E-state index is 12.4. The van der Waals surface area contributed by atoms with Crippen molar-refractivity contribution < 1.29 is 9.53 Å². The average molecular weight is 440 g/mol. The number of nitrogens with one attached hydrogen (secondary N) is 1. The minimum absolute atomic E-state index is 0.0359. The lowest BCUT2D eigenvalue weighted by atomic mass is 10.2. The second kappa shape index (κ2) is 9.41. The van der Waals surface area contributed by atoms with Crippen LogP contribution in [-0.2, 0) is 4.79 Å². The van der Waals surface area contributed by atoms with Gasteiger partial charge in [0.05, 0.1) is 19.3 Å². The molecule has 0 aliphatic carbocycles. The lowest BCUT2D eigenvalue weighted by Crippen LogP contribution is -2.49. The Kier molecular flexibility index (Phi) is 6.44. The number of benzene rings is 2. The molecule has 1 aliphatic rings. The molecule has 2 aromatic carbocycles. The van der Waals surface area contributed by atoms with Crippen molar-refractivity contribution in [3.05, 3.63) is 65.4 Å². The number of anilines is 2. The Labute approximate surface area is 187 Å². The number of nitrogens with zero attached hydrogens (tertiary/aromatic N) is 4. The van der Waals surface area contributed by atoms with Gasteiger partial charge in [-0.2, -0.15) is 0 Å². The fourth-order valence-corrected chi connectivity index (χ4v) is 3.85. The number of carbonyl (C=O) groups excluding carboxylic acids is 1. The van der Waals surface area contributed by atoms with Crippen LogP contribution in [0.5, 0.6) is 5.75 Å². The Hall–Kier alpha value is -3.03. The Bertz CT molecular complexity index is 1060. The summed E-state index contributed by atoms with van der Waals surface area (Å²) < 4.78 is 7.41. The summed E-state index contributed by atoms with van der Waals surface area (Å²) in [4.78, 5) is 21.4. The molecule has 0 unspecified atom stereocenters. The predicted molar refractivity (Wildman–Crippen MR) is 124 cm³/mol. The summed E-state index contributed by atoms with van der Waals surface area (Å²) in [7, 11) is 1.66. The standard InChI is InChI=1S/C23H26ClN5O2/c1-17-6-7-18(14-21(17)24)26-22(30)16-27-10-12-28(13-11-27)23-25-8-9-29(23)19-4-3-5-20(15-19)31-2/h3-9,14-15H,10-13,16H2,1-2H3,(H,26,30). The molecule has 1 N–H and O–H groups in total. The van der Waals surface area contributed by atoms with Crippen LogP contribution in [-0.4, -0.2) is 60.2 Å². The van der Waals surface area contributed by atoms with Gasteiger partial charge in [0.15, 0.2) is 0 Å². The van der Waals surface area contributed by atoms with E-state index >= 15 is 0 Å². The molecule has 1 fully saturated rings. The highest BCUT2D eigenvalue weighted by Gasteiger charge is 2.22. The summed E-state index contributed by atoms with van der Waals surface area (Å²) in [6.45, 7) is 5.45. The van der Waals surface area contributed by atoms with Crippen molar-refractivity contribution in [2.24, 2.45) is 0 Å². The number of aromatic nitrogens is 2. The molecule has 1 aliphatic heterocycles. The molecule has 0 bridgehead atoms. The predicted octanol–water partition coefficient (Wildman–Crippen LogP) is 3.60. The highest BCUT2D eigenvalue weighted by atomic mass is 35.5. The Morgan fingerprint density at radius 1 is 1.16 bits per heavy atom. The maximum absolute atomic E-state index is 12.4. The van der Waals surface area contributed by atoms with Crippen molar-refractivity contribution in [1.29, 1.82) is 0 Å². The number of piperazine rings is 1. The highest BCUT2D eigenvalue weighted by Crippen LogP contribution is 2.23. The molecular formula is C23H26ClN5O2. The molecule has 1 saturated heterocycles. The van der Waals surface area contributed by atoms with E-state index in [4.69, 9.17) is 16.3 Å². The van der Waals surface area contributed by atoms with Crippen LogP contribution in [0.1, 0.15) is 5.56 Å². The summed E-state index contributed by atoms with van der Waals surface area (Å²) in [6.07, 6.45) is 3.76. The van der Waals surface area contributed by atoms with Gasteiger partial charge < -0.3 is 15.0 Å². The van der Waals surface area contributed by atoms with Crippen LogP contribution in [0.3, 0.4) is 0 Å². The molecule has 1 amide bonds. The van der Waals surface area contributed by atoms with Crippen LogP contribution >= 0.6 is 11.6 Å². The number of imidazole rings is 1. The molecule has 162 valence electrons. The third kappa shape index (κ3) is 5.00. The molecule has 1 aromatic heterocycles. The summed E-state index contributed by atoms with van der Waals surface area (Å²) in [5.74, 6) is 1.67. The van der Waals surface area contributed by atoms with Gasteiger partial charge in [-0.1, -0.05) is 23.7 Å². The molecular weight excluding hydrogens is 414 g/mol. The van der Waals surface area contributed by atoms with Crippen LogP contribution in [0, 0.1) is 6.92 Å². The minimum atomic E-state index is -0.0359. The first-order chi connectivity index (χ1) is 15.0. The fourth-order valence-electron chi connectivity index (χ4n) is 3.67. The van der Waals surface area contributed by atoms with Crippen molar-refractivity contribution in [3.63, 3.8) is 0 Å². The zero-order valence-corrected chi connectivity index (χ0v) is 18.5. The molecule has 4 rings (SSSR count). The van der Waals surface area contributed by atoms with Gasteiger partial charge >= 0.3 is 0 Å². The second-order valence-corrected chi connectivity index (χ2v) is 7.98. The molecule has 7 nitrogen and oxygen atoms in total. The van der Waals surface area contributed by atoms with Crippen LogP contribution in [0.2, 0.25) is 5.02 Å². The summed E-state index contributed by atoms with van der Waals surface area (Å²) in [6, 6.07) is 13.5. The van der Waals surface area contributed by atoms with E-state index in [2.05, 4.69) is 24.7 Å². The maximum Gasteiger partial charge on any atom is 0.238 e. The van der Waals surface area contributed by atoms with E-state index in [1.54, 1.807) is 19.4 Å². The first-order valence-corrected chi connectivity index (χ1v) is 10.6. The molecule has 0 saturated carbocycles. The van der Waals surface area contributed by atoms with E-state index in [1.807, 2.05) is 49.5 Å². The van der Waals surface area contributed by atoms with Crippen LogP contribution < -0.4 is 15.0 Å². The topological polar surface area (TPSA) is 62.6 Å². The SMILES string of the molecule is COc1cccc(-n2ccnc2N2CCN(CC(=O)Nc3ccc(C)c(Cl)c3)CC2)c1. The van der Waals surface area contributed by atoms with Crippen LogP contribution in [0.4, 0.5) is 11.6 Å². The van der Waals surface area contributed by atoms with Gasteiger partial charge in [-0.15, -0.1) is 0 Å². The molecule has 8 heteroatoms. The quantitative estimate of drug-likeness (QED) is 0.635. The molecule has 31 heavy (non-hydrogen) atoms. The fraction of sp³-hybridized carbons (Fsp3) is 0.304. The smallest absolute Gasteiger partial charge is 0.238 e. The minimum Gasteiger partial charge on any atom is -0.497 e. The van der Waals surface area contributed by atoms with Gasteiger partial charge in [-0.05, 0) is 36.8 Å². The van der Waals surface area contributed by atoms with Crippen molar-refractivity contribution in [1.82, 2.24) is 14.5 Å². The number of carbonyl (C=O) groups is 1. The number of rotatable bonds is 6. The number of methoxy groups -OCH3 is 1. The van der Waals surface area contributed by atoms with Crippen LogP contribution in [0.25, 0.3) is 5.69 Å². The third-order valence-corrected chi connectivity index (χ3v) is 5.84. The summed E-state index contributed by atoms with van der Waals surface area (Å²) in [5.41, 5.74) is 2.72. The van der Waals surface area contributed by atoms with E-state index in [0.717, 1.165) is 54.8 Å².